The first kappa shape index (κ1) is 15.3. The van der Waals surface area contributed by atoms with Crippen molar-refractivity contribution in [3.8, 4) is 0 Å². The molecule has 0 atom stereocenters. The molecule has 0 aliphatic rings. The van der Waals surface area contributed by atoms with Gasteiger partial charge in [0, 0.05) is 6.54 Å². The zero-order valence-corrected chi connectivity index (χ0v) is 9.57. The van der Waals surface area contributed by atoms with Crippen molar-refractivity contribution in [2.24, 2.45) is 5.73 Å². The molecule has 80 valence electrons. The molecule has 0 aliphatic heterocycles. The van der Waals surface area contributed by atoms with Crippen LogP contribution in [0, 0.1) is 0 Å². The summed E-state index contributed by atoms with van der Waals surface area (Å²) in [5, 5.41) is 2.74. The second-order valence-corrected chi connectivity index (χ2v) is 2.67. The molecule has 0 aromatic rings. The predicted molar refractivity (Wildman–Crippen MR) is 61.1 cm³/mol. The molecule has 0 aromatic heterocycles. The Morgan fingerprint density at radius 2 is 1.92 bits per heavy atom. The minimum absolute atomic E-state index is 0.00100. The van der Waals surface area contributed by atoms with Crippen LogP contribution >= 0.6 is 12.6 Å². The van der Waals surface area contributed by atoms with Crippen molar-refractivity contribution < 1.29 is 4.79 Å². The van der Waals surface area contributed by atoms with E-state index >= 15 is 0 Å². The molecule has 0 saturated heterocycles. The van der Waals surface area contributed by atoms with Crippen molar-refractivity contribution in [1.29, 1.82) is 0 Å². The first-order chi connectivity index (χ1) is 6.31. The normalized spacial score (nSPS) is 8.62. The van der Waals surface area contributed by atoms with E-state index < -0.39 is 0 Å². The van der Waals surface area contributed by atoms with Gasteiger partial charge in [0.05, 0.1) is 5.75 Å². The Morgan fingerprint density at radius 3 is 2.38 bits per heavy atom. The Hall–Kier alpha value is -0.220. The molecule has 1 amide bonds. The fourth-order valence-corrected chi connectivity index (χ4v) is 0.842. The molecule has 3 N–H and O–H groups in total. The van der Waals surface area contributed by atoms with E-state index in [9.17, 15) is 4.79 Å². The van der Waals surface area contributed by atoms with Gasteiger partial charge in [0.2, 0.25) is 5.91 Å². The molecule has 0 rings (SSSR count). The predicted octanol–water partition coefficient (Wildman–Crippen LogP) is 1.19. The van der Waals surface area contributed by atoms with E-state index in [0.717, 1.165) is 32.4 Å². The van der Waals surface area contributed by atoms with Gasteiger partial charge in [-0.3, -0.25) is 4.79 Å². The molecule has 0 radical (unpaired) electrons. The summed E-state index contributed by atoms with van der Waals surface area (Å²) in [5.41, 5.74) is 5.30. The summed E-state index contributed by atoms with van der Waals surface area (Å²) >= 11 is 3.83. The maximum atomic E-state index is 10.6. The molecule has 3 nitrogen and oxygen atoms in total. The zero-order valence-electron chi connectivity index (χ0n) is 8.68. The summed E-state index contributed by atoms with van der Waals surface area (Å²) in [7, 11) is 0. The maximum Gasteiger partial charge on any atom is 0.229 e. The van der Waals surface area contributed by atoms with Crippen molar-refractivity contribution in [3.05, 3.63) is 0 Å². The topological polar surface area (TPSA) is 55.1 Å². The van der Waals surface area contributed by atoms with Gasteiger partial charge in [0.15, 0.2) is 0 Å². The number of nitrogens with two attached hydrogens (primary N) is 1. The van der Waals surface area contributed by atoms with Crippen molar-refractivity contribution in [2.45, 2.75) is 33.1 Å². The van der Waals surface area contributed by atoms with Crippen LogP contribution in [-0.2, 0) is 4.79 Å². The van der Waals surface area contributed by atoms with Gasteiger partial charge in [-0.05, 0) is 19.4 Å². The van der Waals surface area contributed by atoms with E-state index in [1.807, 2.05) is 13.8 Å². The van der Waals surface area contributed by atoms with Gasteiger partial charge in [-0.1, -0.05) is 20.3 Å². The van der Waals surface area contributed by atoms with Crippen LogP contribution in [0.4, 0.5) is 0 Å². The van der Waals surface area contributed by atoms with Gasteiger partial charge in [-0.25, -0.2) is 0 Å². The average molecular weight is 206 g/mol. The van der Waals surface area contributed by atoms with Crippen LogP contribution in [0.1, 0.15) is 33.1 Å². The second kappa shape index (κ2) is 14.3. The Kier molecular flexibility index (Phi) is 16.8. The van der Waals surface area contributed by atoms with Gasteiger partial charge in [-0.15, -0.1) is 0 Å². The molecule has 0 unspecified atom stereocenters. The highest BCUT2D eigenvalue weighted by Crippen LogP contribution is 1.90. The molecule has 0 aliphatic carbocycles. The average Bonchev–Trinajstić information content (AvgIpc) is 2.20. The van der Waals surface area contributed by atoms with Crippen LogP contribution < -0.4 is 11.1 Å². The van der Waals surface area contributed by atoms with E-state index in [0.29, 0.717) is 0 Å². The lowest BCUT2D eigenvalue weighted by Crippen LogP contribution is -2.25. The summed E-state index contributed by atoms with van der Waals surface area (Å²) in [6.07, 6.45) is 3.14. The van der Waals surface area contributed by atoms with Crippen molar-refractivity contribution in [3.63, 3.8) is 0 Å². The smallest absolute Gasteiger partial charge is 0.229 e. The number of rotatable bonds is 6. The van der Waals surface area contributed by atoms with Crippen LogP contribution in [-0.4, -0.2) is 24.7 Å². The standard InChI is InChI=1S/C7H16N2OS.C2H6/c8-4-2-1-3-5-9-7(10)6-11;1-2/h11H,1-6,8H2,(H,9,10);1-2H3. The molecular weight excluding hydrogens is 184 g/mol. The Labute approximate surface area is 86.9 Å². The quantitative estimate of drug-likeness (QED) is 0.451. The molecule has 0 bridgehead atoms. The minimum Gasteiger partial charge on any atom is -0.355 e. The van der Waals surface area contributed by atoms with Crippen molar-refractivity contribution in [2.75, 3.05) is 18.8 Å². The van der Waals surface area contributed by atoms with E-state index in [-0.39, 0.29) is 11.7 Å². The zero-order chi connectivity index (χ0) is 10.5. The number of unbranched alkanes of at least 4 members (excludes halogenated alkanes) is 2. The number of carbonyl (C=O) groups excluding carboxylic acids is 1. The van der Waals surface area contributed by atoms with Crippen LogP contribution in [0.5, 0.6) is 0 Å². The molecule has 0 fully saturated rings. The van der Waals surface area contributed by atoms with Crippen LogP contribution in [0.2, 0.25) is 0 Å². The minimum atomic E-state index is 0.00100. The fraction of sp³-hybridized carbons (Fsp3) is 0.889. The number of hydrogen-bond acceptors (Lipinski definition) is 3. The fourth-order valence-electron chi connectivity index (χ4n) is 0.730. The number of amides is 1. The number of hydrogen-bond donors (Lipinski definition) is 3. The highest BCUT2D eigenvalue weighted by molar-refractivity contribution is 7.81. The van der Waals surface area contributed by atoms with Crippen LogP contribution in [0.15, 0.2) is 0 Å². The summed E-state index contributed by atoms with van der Waals surface area (Å²) < 4.78 is 0. The molecule has 0 spiro atoms. The third kappa shape index (κ3) is 14.6. The summed E-state index contributed by atoms with van der Waals surface area (Å²) in [6.45, 7) is 5.49. The summed E-state index contributed by atoms with van der Waals surface area (Å²) in [6, 6.07) is 0. The Balaban J connectivity index is 0. The lowest BCUT2D eigenvalue weighted by molar-refractivity contribution is -0.118. The van der Waals surface area contributed by atoms with Gasteiger partial charge in [0.25, 0.3) is 0 Å². The highest BCUT2D eigenvalue weighted by atomic mass is 32.1. The van der Waals surface area contributed by atoms with Crippen LogP contribution in [0.25, 0.3) is 0 Å². The van der Waals surface area contributed by atoms with Gasteiger partial charge < -0.3 is 11.1 Å². The molecule has 0 saturated carbocycles. The number of thiol groups is 1. The van der Waals surface area contributed by atoms with Gasteiger partial charge >= 0.3 is 0 Å². The third-order valence-corrected chi connectivity index (χ3v) is 1.63. The van der Waals surface area contributed by atoms with Crippen molar-refractivity contribution in [1.82, 2.24) is 5.32 Å². The van der Waals surface area contributed by atoms with Crippen LogP contribution in [0.3, 0.4) is 0 Å². The molecule has 4 heteroatoms. The first-order valence-corrected chi connectivity index (χ1v) is 5.52. The SMILES string of the molecule is CC.NCCCCCNC(=O)CS. The van der Waals surface area contributed by atoms with E-state index in [1.54, 1.807) is 0 Å². The maximum absolute atomic E-state index is 10.6. The molecular formula is C9H22N2OS. The summed E-state index contributed by atoms with van der Waals surface area (Å²) in [5.74, 6) is 0.276. The number of nitrogens with one attached hydrogen (secondary N) is 1. The van der Waals surface area contributed by atoms with Gasteiger partial charge in [-0.2, -0.15) is 12.6 Å². The summed E-state index contributed by atoms with van der Waals surface area (Å²) in [4.78, 5) is 10.6. The highest BCUT2D eigenvalue weighted by Gasteiger charge is 1.94. The Morgan fingerprint density at radius 1 is 1.31 bits per heavy atom. The van der Waals surface area contributed by atoms with Crippen molar-refractivity contribution >= 4 is 18.5 Å². The monoisotopic (exact) mass is 206 g/mol. The first-order valence-electron chi connectivity index (χ1n) is 4.89. The molecule has 0 aromatic carbocycles. The van der Waals surface area contributed by atoms with Gasteiger partial charge in [0.1, 0.15) is 0 Å². The Bertz CT molecular complexity index is 110. The van der Waals surface area contributed by atoms with E-state index in [4.69, 9.17) is 5.73 Å². The largest absolute Gasteiger partial charge is 0.355 e. The van der Waals surface area contributed by atoms with E-state index in [1.165, 1.54) is 0 Å². The number of carbonyl (C=O) groups is 1. The second-order valence-electron chi connectivity index (χ2n) is 2.36. The van der Waals surface area contributed by atoms with E-state index in [2.05, 4.69) is 17.9 Å². The molecule has 0 heterocycles. The molecule has 13 heavy (non-hydrogen) atoms. The lowest BCUT2D eigenvalue weighted by Gasteiger charge is -2.01. The third-order valence-electron chi connectivity index (χ3n) is 1.35. The lowest BCUT2D eigenvalue weighted by atomic mass is 10.2.